The molecule has 0 saturated heterocycles. The van der Waals surface area contributed by atoms with Gasteiger partial charge >= 0.3 is 0 Å². The molecule has 0 spiro atoms. The first-order valence-corrected chi connectivity index (χ1v) is 8.44. The van der Waals surface area contributed by atoms with Crippen LogP contribution in [0.3, 0.4) is 0 Å². The Morgan fingerprint density at radius 3 is 2.62 bits per heavy atom. The Kier molecular flexibility index (Phi) is 5.16. The number of hydrogen-bond donors (Lipinski definition) is 2. The molecule has 3 N–H and O–H groups in total. The molecular formula is C20H24N2O2. The van der Waals surface area contributed by atoms with Gasteiger partial charge in [0.1, 0.15) is 11.8 Å². The SMILES string of the molecule is Cc1ccc(C(N)C(=O)NCc2ccccc2OCC2CC2)cc1. The number of nitrogens with two attached hydrogens (primary N) is 1. The van der Waals surface area contributed by atoms with E-state index in [0.717, 1.165) is 29.0 Å². The monoisotopic (exact) mass is 324 g/mol. The fraction of sp³-hybridized carbons (Fsp3) is 0.350. The second kappa shape index (κ2) is 7.49. The Labute approximate surface area is 143 Å². The minimum Gasteiger partial charge on any atom is -0.493 e. The Hall–Kier alpha value is -2.33. The molecule has 1 unspecified atom stereocenters. The maximum atomic E-state index is 12.3. The molecule has 2 aromatic carbocycles. The number of carbonyl (C=O) groups excluding carboxylic acids is 1. The number of rotatable bonds is 7. The molecular weight excluding hydrogens is 300 g/mol. The van der Waals surface area contributed by atoms with Crippen LogP contribution in [-0.2, 0) is 11.3 Å². The molecule has 126 valence electrons. The number of amides is 1. The van der Waals surface area contributed by atoms with Gasteiger partial charge < -0.3 is 15.8 Å². The van der Waals surface area contributed by atoms with Gasteiger partial charge in [-0.1, -0.05) is 48.0 Å². The van der Waals surface area contributed by atoms with Gasteiger partial charge in [-0.05, 0) is 37.3 Å². The summed E-state index contributed by atoms with van der Waals surface area (Å²) in [5.41, 5.74) is 8.99. The highest BCUT2D eigenvalue weighted by atomic mass is 16.5. The maximum absolute atomic E-state index is 12.3. The Morgan fingerprint density at radius 1 is 1.21 bits per heavy atom. The van der Waals surface area contributed by atoms with Crippen molar-refractivity contribution in [3.8, 4) is 5.75 Å². The van der Waals surface area contributed by atoms with Gasteiger partial charge in [-0.2, -0.15) is 0 Å². The first-order valence-electron chi connectivity index (χ1n) is 8.44. The predicted molar refractivity (Wildman–Crippen MR) is 94.6 cm³/mol. The van der Waals surface area contributed by atoms with Crippen LogP contribution in [0.25, 0.3) is 0 Å². The Balaban J connectivity index is 1.58. The zero-order chi connectivity index (χ0) is 16.9. The van der Waals surface area contributed by atoms with Crippen LogP contribution in [0.4, 0.5) is 0 Å². The van der Waals surface area contributed by atoms with Crippen molar-refractivity contribution in [1.29, 1.82) is 0 Å². The van der Waals surface area contributed by atoms with Gasteiger partial charge in [0.25, 0.3) is 0 Å². The van der Waals surface area contributed by atoms with Gasteiger partial charge in [0.15, 0.2) is 0 Å². The molecule has 0 bridgehead atoms. The van der Waals surface area contributed by atoms with Crippen molar-refractivity contribution >= 4 is 5.91 Å². The summed E-state index contributed by atoms with van der Waals surface area (Å²) < 4.78 is 5.87. The highest BCUT2D eigenvalue weighted by molar-refractivity contribution is 5.82. The van der Waals surface area contributed by atoms with Crippen molar-refractivity contribution < 1.29 is 9.53 Å². The largest absolute Gasteiger partial charge is 0.493 e. The van der Waals surface area contributed by atoms with E-state index in [4.69, 9.17) is 10.5 Å². The second-order valence-corrected chi connectivity index (χ2v) is 6.47. The van der Waals surface area contributed by atoms with E-state index in [1.807, 2.05) is 55.5 Å². The molecule has 0 heterocycles. The topological polar surface area (TPSA) is 64.4 Å². The van der Waals surface area contributed by atoms with E-state index in [2.05, 4.69) is 5.32 Å². The zero-order valence-electron chi connectivity index (χ0n) is 14.0. The third kappa shape index (κ3) is 4.36. The molecule has 0 radical (unpaired) electrons. The summed E-state index contributed by atoms with van der Waals surface area (Å²) in [7, 11) is 0. The molecule has 3 rings (SSSR count). The molecule has 0 aliphatic heterocycles. The van der Waals surface area contributed by atoms with Gasteiger partial charge in [0.2, 0.25) is 5.91 Å². The molecule has 1 saturated carbocycles. The molecule has 4 heteroatoms. The summed E-state index contributed by atoms with van der Waals surface area (Å²) in [6.07, 6.45) is 2.51. The summed E-state index contributed by atoms with van der Waals surface area (Å²) in [5, 5.41) is 2.91. The van der Waals surface area contributed by atoms with Gasteiger partial charge in [0, 0.05) is 12.1 Å². The van der Waals surface area contributed by atoms with E-state index in [-0.39, 0.29) is 5.91 Å². The average molecular weight is 324 g/mol. The van der Waals surface area contributed by atoms with Crippen molar-refractivity contribution in [2.24, 2.45) is 11.7 Å². The molecule has 1 amide bonds. The van der Waals surface area contributed by atoms with E-state index < -0.39 is 6.04 Å². The zero-order valence-corrected chi connectivity index (χ0v) is 14.0. The van der Waals surface area contributed by atoms with Crippen LogP contribution >= 0.6 is 0 Å². The fourth-order valence-corrected chi connectivity index (χ4v) is 2.50. The van der Waals surface area contributed by atoms with Crippen LogP contribution < -0.4 is 15.8 Å². The highest BCUT2D eigenvalue weighted by Crippen LogP contribution is 2.30. The van der Waals surface area contributed by atoms with Crippen molar-refractivity contribution in [2.45, 2.75) is 32.4 Å². The summed E-state index contributed by atoms with van der Waals surface area (Å²) in [6.45, 7) is 3.18. The first-order chi connectivity index (χ1) is 11.6. The first kappa shape index (κ1) is 16.5. The number of nitrogens with one attached hydrogen (secondary N) is 1. The molecule has 4 nitrogen and oxygen atoms in total. The number of aryl methyl sites for hydroxylation is 1. The lowest BCUT2D eigenvalue weighted by Gasteiger charge is -2.15. The van der Waals surface area contributed by atoms with Crippen LogP contribution in [0.1, 0.15) is 35.6 Å². The Bertz CT molecular complexity index is 693. The van der Waals surface area contributed by atoms with Crippen LogP contribution in [0, 0.1) is 12.8 Å². The van der Waals surface area contributed by atoms with E-state index >= 15 is 0 Å². The highest BCUT2D eigenvalue weighted by Gasteiger charge is 2.22. The van der Waals surface area contributed by atoms with Crippen molar-refractivity contribution in [3.63, 3.8) is 0 Å². The van der Waals surface area contributed by atoms with E-state index in [1.54, 1.807) is 0 Å². The van der Waals surface area contributed by atoms with E-state index in [9.17, 15) is 4.79 Å². The molecule has 1 atom stereocenters. The third-order valence-electron chi connectivity index (χ3n) is 4.32. The van der Waals surface area contributed by atoms with Crippen molar-refractivity contribution in [2.75, 3.05) is 6.61 Å². The quantitative estimate of drug-likeness (QED) is 0.822. The standard InChI is InChI=1S/C20H24N2O2/c1-14-6-10-16(11-7-14)19(21)20(23)22-12-17-4-2-3-5-18(17)24-13-15-8-9-15/h2-7,10-11,15,19H,8-9,12-13,21H2,1H3,(H,22,23). The Morgan fingerprint density at radius 2 is 1.92 bits per heavy atom. The molecule has 1 aliphatic carbocycles. The van der Waals surface area contributed by atoms with Gasteiger partial charge in [-0.25, -0.2) is 0 Å². The summed E-state index contributed by atoms with van der Waals surface area (Å²) in [6, 6.07) is 14.9. The fourth-order valence-electron chi connectivity index (χ4n) is 2.50. The number of benzene rings is 2. The molecule has 0 aromatic heterocycles. The van der Waals surface area contributed by atoms with Crippen LogP contribution in [0.15, 0.2) is 48.5 Å². The lowest BCUT2D eigenvalue weighted by Crippen LogP contribution is -2.33. The average Bonchev–Trinajstić information content (AvgIpc) is 3.43. The van der Waals surface area contributed by atoms with E-state index in [1.165, 1.54) is 12.8 Å². The van der Waals surface area contributed by atoms with Crippen molar-refractivity contribution in [1.82, 2.24) is 5.32 Å². The lowest BCUT2D eigenvalue weighted by atomic mass is 10.1. The lowest BCUT2D eigenvalue weighted by molar-refractivity contribution is -0.122. The third-order valence-corrected chi connectivity index (χ3v) is 4.32. The number of ether oxygens (including phenoxy) is 1. The molecule has 1 fully saturated rings. The summed E-state index contributed by atoms with van der Waals surface area (Å²) in [5.74, 6) is 1.35. The van der Waals surface area contributed by atoms with Gasteiger partial charge in [-0.3, -0.25) is 4.79 Å². The minimum atomic E-state index is -0.662. The van der Waals surface area contributed by atoms with Crippen molar-refractivity contribution in [3.05, 3.63) is 65.2 Å². The summed E-state index contributed by atoms with van der Waals surface area (Å²) in [4.78, 5) is 12.3. The summed E-state index contributed by atoms with van der Waals surface area (Å²) >= 11 is 0. The maximum Gasteiger partial charge on any atom is 0.241 e. The van der Waals surface area contributed by atoms with Gasteiger partial charge in [-0.15, -0.1) is 0 Å². The normalized spacial score (nSPS) is 14.9. The molecule has 1 aliphatic rings. The molecule has 24 heavy (non-hydrogen) atoms. The van der Waals surface area contributed by atoms with Crippen LogP contribution in [0.5, 0.6) is 5.75 Å². The van der Waals surface area contributed by atoms with Crippen LogP contribution in [0.2, 0.25) is 0 Å². The minimum absolute atomic E-state index is 0.184. The van der Waals surface area contributed by atoms with Crippen LogP contribution in [-0.4, -0.2) is 12.5 Å². The smallest absolute Gasteiger partial charge is 0.241 e. The number of hydrogen-bond acceptors (Lipinski definition) is 3. The second-order valence-electron chi connectivity index (χ2n) is 6.47. The van der Waals surface area contributed by atoms with E-state index in [0.29, 0.717) is 12.5 Å². The molecule has 2 aromatic rings. The van der Waals surface area contributed by atoms with Gasteiger partial charge in [0.05, 0.1) is 6.61 Å². The number of carbonyl (C=O) groups is 1. The predicted octanol–water partition coefficient (Wildman–Crippen LogP) is 3.10. The number of para-hydroxylation sites is 1.